The summed E-state index contributed by atoms with van der Waals surface area (Å²) in [4.78, 5) is 33.9. The van der Waals surface area contributed by atoms with Gasteiger partial charge in [-0.2, -0.15) is 0 Å². The Balaban J connectivity index is 2.10. The summed E-state index contributed by atoms with van der Waals surface area (Å²) >= 11 is 3.37. The van der Waals surface area contributed by atoms with Crippen LogP contribution in [0.4, 0.5) is 0 Å². The molecule has 2 heterocycles. The summed E-state index contributed by atoms with van der Waals surface area (Å²) in [6.45, 7) is 0.371. The SMILES string of the molecule is O=c1[nH]c(=O)n(Cc2ccccc2)c2nc(CCCBr)[nH]c12. The van der Waals surface area contributed by atoms with Crippen LogP contribution >= 0.6 is 15.9 Å². The average Bonchev–Trinajstić information content (AvgIpc) is 2.95. The Morgan fingerprint density at radius 1 is 1.14 bits per heavy atom. The molecule has 0 atom stereocenters. The molecule has 7 heteroatoms. The van der Waals surface area contributed by atoms with Gasteiger partial charge in [-0.15, -0.1) is 0 Å². The Kier molecular flexibility index (Phi) is 4.24. The lowest BCUT2D eigenvalue weighted by Crippen LogP contribution is -2.30. The van der Waals surface area contributed by atoms with E-state index in [1.807, 2.05) is 30.3 Å². The van der Waals surface area contributed by atoms with E-state index in [4.69, 9.17) is 0 Å². The van der Waals surface area contributed by atoms with Crippen LogP contribution in [-0.4, -0.2) is 24.8 Å². The van der Waals surface area contributed by atoms with Gasteiger partial charge in [0.1, 0.15) is 11.3 Å². The quantitative estimate of drug-likeness (QED) is 0.678. The summed E-state index contributed by atoms with van der Waals surface area (Å²) in [6, 6.07) is 9.61. The fourth-order valence-electron chi connectivity index (χ4n) is 2.35. The van der Waals surface area contributed by atoms with E-state index in [9.17, 15) is 9.59 Å². The Hall–Kier alpha value is -2.15. The van der Waals surface area contributed by atoms with Gasteiger partial charge in [0.25, 0.3) is 5.56 Å². The van der Waals surface area contributed by atoms with E-state index in [1.165, 1.54) is 4.57 Å². The molecule has 0 fully saturated rings. The number of alkyl halides is 1. The molecule has 0 spiro atoms. The standard InChI is InChI=1S/C15H15BrN4O2/c16-8-4-7-11-17-12-13(18-11)20(15(22)19-14(12)21)9-10-5-2-1-3-6-10/h1-3,5-6H,4,7-9H2,(H,17,18)(H,19,21,22). The van der Waals surface area contributed by atoms with Crippen molar-refractivity contribution >= 4 is 27.1 Å². The van der Waals surface area contributed by atoms with Crippen molar-refractivity contribution in [2.45, 2.75) is 19.4 Å². The third-order valence-corrected chi connectivity index (χ3v) is 3.97. The first-order valence-electron chi connectivity index (χ1n) is 7.00. The van der Waals surface area contributed by atoms with Gasteiger partial charge >= 0.3 is 5.69 Å². The lowest BCUT2D eigenvalue weighted by Gasteiger charge is -2.05. The van der Waals surface area contributed by atoms with Gasteiger partial charge in [-0.1, -0.05) is 46.3 Å². The Morgan fingerprint density at radius 2 is 1.91 bits per heavy atom. The second kappa shape index (κ2) is 6.31. The molecule has 0 aliphatic rings. The zero-order valence-corrected chi connectivity index (χ0v) is 13.4. The summed E-state index contributed by atoms with van der Waals surface area (Å²) in [5, 5.41) is 0.858. The monoisotopic (exact) mass is 362 g/mol. The van der Waals surface area contributed by atoms with E-state index >= 15 is 0 Å². The van der Waals surface area contributed by atoms with Gasteiger partial charge in [0.05, 0.1) is 6.54 Å². The lowest BCUT2D eigenvalue weighted by molar-refractivity contribution is 0.746. The molecule has 0 radical (unpaired) electrons. The minimum absolute atomic E-state index is 0.347. The van der Waals surface area contributed by atoms with Crippen LogP contribution in [-0.2, 0) is 13.0 Å². The number of fused-ring (bicyclic) bond motifs is 1. The third kappa shape index (κ3) is 2.89. The van der Waals surface area contributed by atoms with Crippen LogP contribution < -0.4 is 11.2 Å². The number of rotatable bonds is 5. The van der Waals surface area contributed by atoms with Gasteiger partial charge in [-0.3, -0.25) is 14.3 Å². The summed E-state index contributed by atoms with van der Waals surface area (Å²) in [5.41, 5.74) is 0.854. The molecule has 22 heavy (non-hydrogen) atoms. The van der Waals surface area contributed by atoms with Crippen LogP contribution in [0.25, 0.3) is 11.2 Å². The molecule has 114 valence electrons. The number of imidazole rings is 1. The van der Waals surface area contributed by atoms with Crippen molar-refractivity contribution in [3.8, 4) is 0 Å². The molecule has 0 amide bonds. The van der Waals surface area contributed by atoms with Gasteiger partial charge in [-0.25, -0.2) is 9.78 Å². The van der Waals surface area contributed by atoms with Crippen molar-refractivity contribution in [2.75, 3.05) is 5.33 Å². The smallest absolute Gasteiger partial charge is 0.330 e. The van der Waals surface area contributed by atoms with E-state index in [1.54, 1.807) is 0 Å². The fourth-order valence-corrected chi connectivity index (χ4v) is 2.63. The molecule has 0 bridgehead atoms. The highest BCUT2D eigenvalue weighted by atomic mass is 79.9. The Labute approximate surface area is 134 Å². The molecule has 0 unspecified atom stereocenters. The highest BCUT2D eigenvalue weighted by molar-refractivity contribution is 9.09. The first kappa shape index (κ1) is 14.8. The van der Waals surface area contributed by atoms with Gasteiger partial charge in [-0.05, 0) is 12.0 Å². The largest absolute Gasteiger partial charge is 0.336 e. The molecule has 0 aliphatic carbocycles. The predicted octanol–water partition coefficient (Wildman–Crippen LogP) is 1.79. The van der Waals surface area contributed by atoms with Crippen LogP contribution in [0, 0.1) is 0 Å². The minimum Gasteiger partial charge on any atom is -0.336 e. The Bertz CT molecular complexity index is 895. The van der Waals surface area contributed by atoms with Crippen molar-refractivity contribution in [3.05, 3.63) is 62.6 Å². The van der Waals surface area contributed by atoms with E-state index in [0.29, 0.717) is 23.5 Å². The lowest BCUT2D eigenvalue weighted by atomic mass is 10.2. The number of hydrogen-bond donors (Lipinski definition) is 2. The number of aryl methyl sites for hydroxylation is 1. The Morgan fingerprint density at radius 3 is 2.64 bits per heavy atom. The molecule has 1 aromatic carbocycles. The maximum atomic E-state index is 12.1. The minimum atomic E-state index is -0.445. The number of benzene rings is 1. The van der Waals surface area contributed by atoms with Crippen LogP contribution in [0.2, 0.25) is 0 Å². The highest BCUT2D eigenvalue weighted by Crippen LogP contribution is 2.09. The number of halogens is 1. The molecular formula is C15H15BrN4O2. The summed E-state index contributed by atoms with van der Waals surface area (Å²) < 4.78 is 1.49. The van der Waals surface area contributed by atoms with Crippen LogP contribution in [0.1, 0.15) is 17.8 Å². The first-order valence-corrected chi connectivity index (χ1v) is 8.13. The van der Waals surface area contributed by atoms with Crippen molar-refractivity contribution in [2.24, 2.45) is 0 Å². The first-order chi connectivity index (χ1) is 10.7. The van der Waals surface area contributed by atoms with Crippen molar-refractivity contribution in [1.82, 2.24) is 19.5 Å². The van der Waals surface area contributed by atoms with Gasteiger partial charge in [0.15, 0.2) is 5.65 Å². The highest BCUT2D eigenvalue weighted by Gasteiger charge is 2.13. The van der Waals surface area contributed by atoms with Crippen molar-refractivity contribution in [1.29, 1.82) is 0 Å². The maximum absolute atomic E-state index is 12.1. The summed E-state index contributed by atoms with van der Waals surface area (Å²) in [6.07, 6.45) is 1.62. The zero-order chi connectivity index (χ0) is 15.5. The number of H-pyrrole nitrogens is 2. The maximum Gasteiger partial charge on any atom is 0.330 e. The van der Waals surface area contributed by atoms with Crippen LogP contribution in [0.15, 0.2) is 39.9 Å². The predicted molar refractivity (Wildman–Crippen MR) is 88.6 cm³/mol. The molecule has 2 aromatic heterocycles. The van der Waals surface area contributed by atoms with E-state index < -0.39 is 11.2 Å². The van der Waals surface area contributed by atoms with Crippen LogP contribution in [0.5, 0.6) is 0 Å². The molecule has 0 saturated heterocycles. The van der Waals surface area contributed by atoms with Crippen LogP contribution in [0.3, 0.4) is 0 Å². The molecule has 0 saturated carbocycles. The average molecular weight is 363 g/mol. The normalized spacial score (nSPS) is 11.1. The second-order valence-corrected chi connectivity index (χ2v) is 5.80. The number of aromatic nitrogens is 4. The molecule has 2 N–H and O–H groups in total. The number of hydrogen-bond acceptors (Lipinski definition) is 3. The number of aromatic amines is 2. The zero-order valence-electron chi connectivity index (χ0n) is 11.8. The van der Waals surface area contributed by atoms with E-state index in [-0.39, 0.29) is 0 Å². The molecule has 3 aromatic rings. The fraction of sp³-hybridized carbons (Fsp3) is 0.267. The topological polar surface area (TPSA) is 83.5 Å². The van der Waals surface area contributed by atoms with Gasteiger partial charge < -0.3 is 4.98 Å². The molecule has 6 nitrogen and oxygen atoms in total. The van der Waals surface area contributed by atoms with Gasteiger partial charge in [0.2, 0.25) is 0 Å². The molecule has 3 rings (SSSR count). The van der Waals surface area contributed by atoms with E-state index in [0.717, 1.165) is 23.7 Å². The van der Waals surface area contributed by atoms with E-state index in [2.05, 4.69) is 30.9 Å². The van der Waals surface area contributed by atoms with Crippen molar-refractivity contribution < 1.29 is 0 Å². The summed E-state index contributed by atoms with van der Waals surface area (Å²) in [7, 11) is 0. The van der Waals surface area contributed by atoms with Crippen molar-refractivity contribution in [3.63, 3.8) is 0 Å². The molecular weight excluding hydrogens is 348 g/mol. The third-order valence-electron chi connectivity index (χ3n) is 3.41. The summed E-state index contributed by atoms with van der Waals surface area (Å²) in [5.74, 6) is 0.715. The van der Waals surface area contributed by atoms with Gasteiger partial charge in [0, 0.05) is 11.8 Å². The number of nitrogens with one attached hydrogen (secondary N) is 2. The number of nitrogens with zero attached hydrogens (tertiary/aromatic N) is 2. The molecule has 0 aliphatic heterocycles. The second-order valence-electron chi connectivity index (χ2n) is 5.01.